The zero-order chi connectivity index (χ0) is 22.8. The second-order valence-electron chi connectivity index (χ2n) is 8.82. The van der Waals surface area contributed by atoms with Gasteiger partial charge in [-0.1, -0.05) is 61.5 Å². The molecule has 0 radical (unpaired) electrons. The standard InChI is InChI=1S/C27H26N2O3S/c1-18-7-13-22(14-8-18)32-24(30)15-29-17-28-26-25(27(29)31)23(16-33-26)21-11-9-20(10-12-21)19-5-3-2-4-6-19/h2-6,9-12,16-18,22H,7-8,13-15H2,1H3. The Morgan fingerprint density at radius 2 is 1.67 bits per heavy atom. The smallest absolute Gasteiger partial charge is 0.326 e. The number of carbonyl (C=O) groups excluding carboxylic acids is 1. The minimum absolute atomic E-state index is 0.0408. The minimum Gasteiger partial charge on any atom is -0.461 e. The Hall–Kier alpha value is -3.25. The van der Waals surface area contributed by atoms with Gasteiger partial charge in [-0.25, -0.2) is 4.98 Å². The van der Waals surface area contributed by atoms with Gasteiger partial charge in [-0.3, -0.25) is 14.2 Å². The molecule has 2 aromatic heterocycles. The van der Waals surface area contributed by atoms with Crippen LogP contribution in [-0.2, 0) is 16.1 Å². The molecule has 6 heteroatoms. The first-order chi connectivity index (χ1) is 16.1. The van der Waals surface area contributed by atoms with E-state index < -0.39 is 0 Å². The first-order valence-electron chi connectivity index (χ1n) is 11.4. The molecule has 5 rings (SSSR count). The van der Waals surface area contributed by atoms with E-state index in [2.05, 4.69) is 36.2 Å². The molecule has 0 atom stereocenters. The first kappa shape index (κ1) is 21.6. The lowest BCUT2D eigenvalue weighted by Gasteiger charge is -2.26. The van der Waals surface area contributed by atoms with Crippen molar-refractivity contribution >= 4 is 27.5 Å². The molecular formula is C27H26N2O3S. The number of fused-ring (bicyclic) bond motifs is 1. The van der Waals surface area contributed by atoms with Crippen LogP contribution < -0.4 is 5.56 Å². The van der Waals surface area contributed by atoms with E-state index in [0.29, 0.717) is 16.1 Å². The number of hydrogen-bond acceptors (Lipinski definition) is 5. The fraction of sp³-hybridized carbons (Fsp3) is 0.296. The van der Waals surface area contributed by atoms with E-state index in [-0.39, 0.29) is 24.2 Å². The van der Waals surface area contributed by atoms with Gasteiger partial charge in [-0.05, 0) is 48.3 Å². The summed E-state index contributed by atoms with van der Waals surface area (Å²) < 4.78 is 7.00. The molecule has 1 aliphatic carbocycles. The Bertz CT molecular complexity index is 1320. The number of thiophene rings is 1. The van der Waals surface area contributed by atoms with Crippen LogP contribution in [0.5, 0.6) is 0 Å². The maximum atomic E-state index is 13.3. The SMILES string of the molecule is CC1CCC(OC(=O)Cn2cnc3scc(-c4ccc(-c5ccccc5)cc4)c3c2=O)CC1. The van der Waals surface area contributed by atoms with Crippen molar-refractivity contribution in [3.63, 3.8) is 0 Å². The zero-order valence-electron chi connectivity index (χ0n) is 18.6. The van der Waals surface area contributed by atoms with Gasteiger partial charge in [-0.15, -0.1) is 11.3 Å². The van der Waals surface area contributed by atoms with Crippen molar-refractivity contribution in [1.29, 1.82) is 0 Å². The van der Waals surface area contributed by atoms with Crippen molar-refractivity contribution in [2.24, 2.45) is 5.92 Å². The summed E-state index contributed by atoms with van der Waals surface area (Å²) >= 11 is 1.44. The molecule has 2 aromatic carbocycles. The number of esters is 1. The zero-order valence-corrected chi connectivity index (χ0v) is 19.4. The Kier molecular flexibility index (Phi) is 6.09. The summed E-state index contributed by atoms with van der Waals surface area (Å²) in [5.41, 5.74) is 3.86. The van der Waals surface area contributed by atoms with E-state index in [1.165, 1.54) is 22.2 Å². The Morgan fingerprint density at radius 3 is 2.39 bits per heavy atom. The maximum Gasteiger partial charge on any atom is 0.326 e. The lowest BCUT2D eigenvalue weighted by atomic mass is 9.89. The summed E-state index contributed by atoms with van der Waals surface area (Å²) in [6, 6.07) is 18.4. The molecule has 0 unspecified atom stereocenters. The third-order valence-corrected chi connectivity index (χ3v) is 7.31. The van der Waals surface area contributed by atoms with Crippen LogP contribution in [0.2, 0.25) is 0 Å². The molecule has 33 heavy (non-hydrogen) atoms. The highest BCUT2D eigenvalue weighted by atomic mass is 32.1. The average Bonchev–Trinajstić information content (AvgIpc) is 3.28. The fourth-order valence-corrected chi connectivity index (χ4v) is 5.38. The van der Waals surface area contributed by atoms with Crippen molar-refractivity contribution in [3.05, 3.63) is 76.7 Å². The third-order valence-electron chi connectivity index (χ3n) is 6.42. The van der Waals surface area contributed by atoms with Crippen LogP contribution in [0.4, 0.5) is 0 Å². The summed E-state index contributed by atoms with van der Waals surface area (Å²) in [5, 5.41) is 2.51. The molecule has 1 saturated carbocycles. The number of carbonyl (C=O) groups is 1. The molecular weight excluding hydrogens is 432 g/mol. The van der Waals surface area contributed by atoms with Crippen LogP contribution >= 0.6 is 11.3 Å². The number of hydrogen-bond donors (Lipinski definition) is 0. The lowest BCUT2D eigenvalue weighted by Crippen LogP contribution is -2.29. The highest BCUT2D eigenvalue weighted by Crippen LogP contribution is 2.32. The van der Waals surface area contributed by atoms with Gasteiger partial charge in [0.15, 0.2) is 0 Å². The molecule has 4 aromatic rings. The number of ether oxygens (including phenoxy) is 1. The monoisotopic (exact) mass is 458 g/mol. The van der Waals surface area contributed by atoms with E-state index in [1.807, 2.05) is 35.7 Å². The van der Waals surface area contributed by atoms with Gasteiger partial charge >= 0.3 is 5.97 Å². The number of benzene rings is 2. The molecule has 1 aliphatic rings. The Labute approximate surface area is 196 Å². The quantitative estimate of drug-likeness (QED) is 0.349. The van der Waals surface area contributed by atoms with Gasteiger partial charge in [0.05, 0.1) is 11.7 Å². The second kappa shape index (κ2) is 9.32. The average molecular weight is 459 g/mol. The molecule has 5 nitrogen and oxygen atoms in total. The van der Waals surface area contributed by atoms with E-state index >= 15 is 0 Å². The fourth-order valence-electron chi connectivity index (χ4n) is 4.48. The van der Waals surface area contributed by atoms with Gasteiger partial charge in [-0.2, -0.15) is 0 Å². The molecule has 0 N–H and O–H groups in total. The Morgan fingerprint density at radius 1 is 1.00 bits per heavy atom. The summed E-state index contributed by atoms with van der Waals surface area (Å²) in [7, 11) is 0. The van der Waals surface area contributed by atoms with E-state index in [0.717, 1.165) is 47.9 Å². The predicted molar refractivity (Wildman–Crippen MR) is 132 cm³/mol. The van der Waals surface area contributed by atoms with Gasteiger partial charge in [0, 0.05) is 10.9 Å². The topological polar surface area (TPSA) is 61.2 Å². The molecule has 0 aliphatic heterocycles. The molecule has 0 saturated heterocycles. The highest BCUT2D eigenvalue weighted by molar-refractivity contribution is 7.17. The normalized spacial score (nSPS) is 18.3. The van der Waals surface area contributed by atoms with E-state index in [9.17, 15) is 9.59 Å². The summed E-state index contributed by atoms with van der Waals surface area (Å²) in [6.45, 7) is 2.11. The predicted octanol–water partition coefficient (Wildman–Crippen LogP) is 5.91. The van der Waals surface area contributed by atoms with Crippen molar-refractivity contribution in [3.8, 4) is 22.3 Å². The molecule has 0 spiro atoms. The molecule has 0 bridgehead atoms. The van der Waals surface area contributed by atoms with Crippen molar-refractivity contribution in [1.82, 2.24) is 9.55 Å². The van der Waals surface area contributed by atoms with E-state index in [1.54, 1.807) is 0 Å². The second-order valence-corrected chi connectivity index (χ2v) is 9.68. The number of rotatable bonds is 5. The third kappa shape index (κ3) is 4.62. The van der Waals surface area contributed by atoms with Crippen molar-refractivity contribution in [2.45, 2.75) is 45.3 Å². The van der Waals surface area contributed by atoms with Gasteiger partial charge in [0.2, 0.25) is 0 Å². The van der Waals surface area contributed by atoms with Crippen LogP contribution in [0.1, 0.15) is 32.6 Å². The first-order valence-corrected chi connectivity index (χ1v) is 12.3. The van der Waals surface area contributed by atoms with Gasteiger partial charge in [0.25, 0.3) is 5.56 Å². The van der Waals surface area contributed by atoms with Crippen LogP contribution in [0.25, 0.3) is 32.5 Å². The Balaban J connectivity index is 1.38. The maximum absolute atomic E-state index is 13.3. The summed E-state index contributed by atoms with van der Waals surface area (Å²) in [5.74, 6) is 0.315. The number of nitrogens with zero attached hydrogens (tertiary/aromatic N) is 2. The minimum atomic E-state index is -0.373. The summed E-state index contributed by atoms with van der Waals surface area (Å²) in [4.78, 5) is 30.9. The van der Waals surface area contributed by atoms with Crippen LogP contribution in [-0.4, -0.2) is 21.6 Å². The largest absolute Gasteiger partial charge is 0.461 e. The van der Waals surface area contributed by atoms with Crippen LogP contribution in [0, 0.1) is 5.92 Å². The highest BCUT2D eigenvalue weighted by Gasteiger charge is 2.22. The van der Waals surface area contributed by atoms with Crippen LogP contribution in [0.15, 0.2) is 71.1 Å². The van der Waals surface area contributed by atoms with Crippen molar-refractivity contribution in [2.75, 3.05) is 0 Å². The number of aromatic nitrogens is 2. The van der Waals surface area contributed by atoms with Gasteiger partial charge < -0.3 is 4.74 Å². The van der Waals surface area contributed by atoms with Gasteiger partial charge in [0.1, 0.15) is 17.5 Å². The van der Waals surface area contributed by atoms with Crippen LogP contribution in [0.3, 0.4) is 0 Å². The lowest BCUT2D eigenvalue weighted by molar-refractivity contribution is -0.151. The van der Waals surface area contributed by atoms with Crippen molar-refractivity contribution < 1.29 is 9.53 Å². The molecule has 1 fully saturated rings. The molecule has 168 valence electrons. The molecule has 0 amide bonds. The summed E-state index contributed by atoms with van der Waals surface area (Å²) in [6.07, 6.45) is 5.35. The van der Waals surface area contributed by atoms with E-state index in [4.69, 9.17) is 4.74 Å². The molecule has 2 heterocycles.